The second kappa shape index (κ2) is 4.71. The molecule has 0 aliphatic carbocycles. The van der Waals surface area contributed by atoms with Crippen LogP contribution < -0.4 is 0 Å². The van der Waals surface area contributed by atoms with E-state index in [-0.39, 0.29) is 16.4 Å². The molecule has 1 aromatic carbocycles. The molecule has 0 saturated carbocycles. The summed E-state index contributed by atoms with van der Waals surface area (Å²) in [5.74, 6) is 0. The van der Waals surface area contributed by atoms with Crippen molar-refractivity contribution in [1.29, 1.82) is 0 Å². The lowest BCUT2D eigenvalue weighted by Crippen LogP contribution is -2.00. The summed E-state index contributed by atoms with van der Waals surface area (Å²) in [4.78, 5) is 10.4. The summed E-state index contributed by atoms with van der Waals surface area (Å²) in [6.07, 6.45) is 0.645. The summed E-state index contributed by atoms with van der Waals surface area (Å²) in [5.41, 5.74) is 0.396. The van der Waals surface area contributed by atoms with E-state index in [4.69, 9.17) is 11.6 Å². The van der Waals surface area contributed by atoms with Crippen molar-refractivity contribution in [2.24, 2.45) is 0 Å². The van der Waals surface area contributed by atoms with E-state index in [0.717, 1.165) is 0 Å². The predicted octanol–water partition coefficient (Wildman–Crippen LogP) is 1.88. The number of halogens is 1. The number of hydrogen-bond donors (Lipinski definition) is 1. The first-order valence-corrected chi connectivity index (χ1v) is 5.41. The molecule has 0 aliphatic heterocycles. The van der Waals surface area contributed by atoms with Gasteiger partial charge in [-0.15, -0.1) is 5.10 Å². The molecular formula is C10H9ClN4O3. The molecule has 0 fully saturated rings. The van der Waals surface area contributed by atoms with E-state index in [9.17, 15) is 15.2 Å². The van der Waals surface area contributed by atoms with Gasteiger partial charge in [0.1, 0.15) is 11.4 Å². The molecule has 8 heteroatoms. The van der Waals surface area contributed by atoms with Gasteiger partial charge in [0.05, 0.1) is 17.2 Å². The average Bonchev–Trinajstić information content (AvgIpc) is 2.78. The number of rotatable bonds is 3. The van der Waals surface area contributed by atoms with Gasteiger partial charge in [0.25, 0.3) is 5.69 Å². The summed E-state index contributed by atoms with van der Waals surface area (Å²) in [6, 6.07) is 4.23. The summed E-state index contributed by atoms with van der Waals surface area (Å²) in [7, 11) is 0. The normalized spacial score (nSPS) is 12.4. The Morgan fingerprint density at radius 1 is 1.56 bits per heavy atom. The zero-order valence-electron chi connectivity index (χ0n) is 9.32. The quantitative estimate of drug-likeness (QED) is 0.677. The van der Waals surface area contributed by atoms with Crippen LogP contribution in [0.3, 0.4) is 0 Å². The van der Waals surface area contributed by atoms with Crippen molar-refractivity contribution in [2.45, 2.75) is 13.0 Å². The van der Waals surface area contributed by atoms with Gasteiger partial charge in [0.15, 0.2) is 0 Å². The molecule has 1 atom stereocenters. The Morgan fingerprint density at radius 3 is 2.83 bits per heavy atom. The summed E-state index contributed by atoms with van der Waals surface area (Å²) in [6.45, 7) is 1.53. The Hall–Kier alpha value is -1.99. The number of aliphatic hydroxyl groups is 1. The monoisotopic (exact) mass is 268 g/mol. The third-order valence-corrected chi connectivity index (χ3v) is 2.56. The summed E-state index contributed by atoms with van der Waals surface area (Å²) < 4.78 is 1.23. The Kier molecular flexibility index (Phi) is 3.26. The van der Waals surface area contributed by atoms with E-state index < -0.39 is 11.0 Å². The number of hydrogen-bond acceptors (Lipinski definition) is 5. The van der Waals surface area contributed by atoms with Crippen LogP contribution in [0.5, 0.6) is 0 Å². The fourth-order valence-electron chi connectivity index (χ4n) is 1.42. The summed E-state index contributed by atoms with van der Waals surface area (Å²) >= 11 is 5.71. The van der Waals surface area contributed by atoms with Crippen LogP contribution >= 0.6 is 11.6 Å². The van der Waals surface area contributed by atoms with E-state index in [2.05, 4.69) is 10.3 Å². The highest BCUT2D eigenvalue weighted by Crippen LogP contribution is 2.26. The number of nitrogens with zero attached hydrogens (tertiary/aromatic N) is 4. The maximum Gasteiger partial charge on any atom is 0.296 e. The average molecular weight is 269 g/mol. The lowest BCUT2D eigenvalue weighted by Gasteiger charge is -2.02. The highest BCUT2D eigenvalue weighted by molar-refractivity contribution is 6.30. The molecule has 1 N–H and O–H groups in total. The third kappa shape index (κ3) is 2.31. The number of aliphatic hydroxyl groups excluding tert-OH is 1. The van der Waals surface area contributed by atoms with Crippen LogP contribution in [0, 0.1) is 10.1 Å². The Morgan fingerprint density at radius 2 is 2.28 bits per heavy atom. The first-order valence-electron chi connectivity index (χ1n) is 5.03. The maximum absolute atomic E-state index is 10.9. The van der Waals surface area contributed by atoms with Crippen LogP contribution in [0.2, 0.25) is 5.02 Å². The minimum Gasteiger partial charge on any atom is -0.387 e. The van der Waals surface area contributed by atoms with Crippen molar-refractivity contribution in [2.75, 3.05) is 0 Å². The largest absolute Gasteiger partial charge is 0.387 e. The van der Waals surface area contributed by atoms with Crippen molar-refractivity contribution in [3.63, 3.8) is 0 Å². The molecule has 1 unspecified atom stereocenters. The van der Waals surface area contributed by atoms with Crippen molar-refractivity contribution in [3.8, 4) is 5.69 Å². The molecule has 1 heterocycles. The van der Waals surface area contributed by atoms with Crippen LogP contribution in [0.1, 0.15) is 18.7 Å². The second-order valence-electron chi connectivity index (χ2n) is 3.65. The third-order valence-electron chi connectivity index (χ3n) is 2.32. The van der Waals surface area contributed by atoms with Crippen LogP contribution in [-0.4, -0.2) is 25.0 Å². The molecule has 94 valence electrons. The smallest absolute Gasteiger partial charge is 0.296 e. The van der Waals surface area contributed by atoms with Gasteiger partial charge in [-0.1, -0.05) is 16.8 Å². The van der Waals surface area contributed by atoms with E-state index in [1.165, 1.54) is 36.0 Å². The summed E-state index contributed by atoms with van der Waals surface area (Å²) in [5, 5.41) is 28.0. The molecule has 7 nitrogen and oxygen atoms in total. The zero-order chi connectivity index (χ0) is 13.3. The number of nitro benzene ring substituents is 1. The van der Waals surface area contributed by atoms with Crippen LogP contribution in [0.4, 0.5) is 5.69 Å². The topological polar surface area (TPSA) is 94.1 Å². The lowest BCUT2D eigenvalue weighted by molar-refractivity contribution is -0.384. The minimum atomic E-state index is -0.787. The molecule has 0 spiro atoms. The highest BCUT2D eigenvalue weighted by Gasteiger charge is 2.18. The van der Waals surface area contributed by atoms with Gasteiger partial charge in [-0.25, -0.2) is 4.68 Å². The first-order chi connectivity index (χ1) is 8.49. The maximum atomic E-state index is 10.9. The molecule has 0 radical (unpaired) electrons. The van der Waals surface area contributed by atoms with Crippen molar-refractivity contribution >= 4 is 17.3 Å². The van der Waals surface area contributed by atoms with Crippen LogP contribution in [-0.2, 0) is 0 Å². The first kappa shape index (κ1) is 12.5. The van der Waals surface area contributed by atoms with Gasteiger partial charge in [-0.3, -0.25) is 10.1 Å². The predicted molar refractivity (Wildman–Crippen MR) is 63.7 cm³/mol. The number of aromatic nitrogens is 3. The van der Waals surface area contributed by atoms with Crippen molar-refractivity contribution in [1.82, 2.24) is 15.0 Å². The van der Waals surface area contributed by atoms with E-state index in [0.29, 0.717) is 5.69 Å². The molecule has 0 amide bonds. The van der Waals surface area contributed by atoms with Gasteiger partial charge >= 0.3 is 0 Å². The van der Waals surface area contributed by atoms with Crippen LogP contribution in [0.25, 0.3) is 5.69 Å². The SMILES string of the molecule is CC(O)c1cn(-c2ccc(Cl)cc2[N+](=O)[O-])nn1. The minimum absolute atomic E-state index is 0.176. The van der Waals surface area contributed by atoms with Gasteiger partial charge < -0.3 is 5.11 Å². The molecule has 0 aliphatic rings. The number of nitro groups is 1. The number of benzene rings is 1. The van der Waals surface area contributed by atoms with E-state index in [1.54, 1.807) is 0 Å². The second-order valence-corrected chi connectivity index (χ2v) is 4.09. The molecule has 2 aromatic rings. The molecule has 1 aromatic heterocycles. The van der Waals surface area contributed by atoms with Crippen molar-refractivity contribution in [3.05, 3.63) is 45.2 Å². The fraction of sp³-hybridized carbons (Fsp3) is 0.200. The lowest BCUT2D eigenvalue weighted by atomic mass is 10.2. The van der Waals surface area contributed by atoms with E-state index in [1.807, 2.05) is 0 Å². The molecule has 0 bridgehead atoms. The molecule has 2 rings (SSSR count). The Labute approximate surface area is 107 Å². The molecular weight excluding hydrogens is 260 g/mol. The van der Waals surface area contributed by atoms with Gasteiger partial charge in [0.2, 0.25) is 0 Å². The van der Waals surface area contributed by atoms with E-state index >= 15 is 0 Å². The zero-order valence-corrected chi connectivity index (χ0v) is 10.1. The Bertz CT molecular complexity index is 597. The fourth-order valence-corrected chi connectivity index (χ4v) is 1.59. The van der Waals surface area contributed by atoms with Crippen molar-refractivity contribution < 1.29 is 10.0 Å². The Balaban J connectivity index is 2.52. The molecule has 0 saturated heterocycles. The standard InChI is InChI=1S/C10H9ClN4O3/c1-6(16)8-5-14(13-12-8)9-3-2-7(11)4-10(9)15(17)18/h2-6,16H,1H3. The highest BCUT2D eigenvalue weighted by atomic mass is 35.5. The van der Waals surface area contributed by atoms with Gasteiger partial charge in [-0.05, 0) is 19.1 Å². The van der Waals surface area contributed by atoms with Crippen LogP contribution in [0.15, 0.2) is 24.4 Å². The molecule has 18 heavy (non-hydrogen) atoms. The van der Waals surface area contributed by atoms with Gasteiger partial charge in [-0.2, -0.15) is 0 Å². The van der Waals surface area contributed by atoms with Gasteiger partial charge in [0, 0.05) is 11.1 Å².